The molecule has 1 aromatic carbocycles. The molecule has 2 fully saturated rings. The lowest BCUT2D eigenvalue weighted by Crippen LogP contribution is -2.66. The van der Waals surface area contributed by atoms with Crippen LogP contribution in [-0.2, 0) is 0 Å². The Kier molecular flexibility index (Phi) is 6.75. The number of benzene rings is 1. The Morgan fingerprint density at radius 1 is 0.929 bits per heavy atom. The Hall–Kier alpha value is -2.64. The van der Waals surface area contributed by atoms with Crippen LogP contribution in [0.1, 0.15) is 64.2 Å². The number of hydroxylamine groups is 2. The molecule has 222 valence electrons. The van der Waals surface area contributed by atoms with Crippen LogP contribution in [-0.4, -0.2) is 80.6 Å². The monoisotopic (exact) mass is 566 g/mol. The molecular weight excluding hydrogens is 520 g/mol. The first-order chi connectivity index (χ1) is 20.6. The fourth-order valence-electron chi connectivity index (χ4n) is 9.85. The number of fused-ring (bicyclic) bond motifs is 5. The first-order valence-corrected chi connectivity index (χ1v) is 16.6. The van der Waals surface area contributed by atoms with Crippen molar-refractivity contribution in [3.8, 4) is 0 Å². The van der Waals surface area contributed by atoms with Crippen molar-refractivity contribution >= 4 is 22.7 Å². The van der Waals surface area contributed by atoms with Gasteiger partial charge in [-0.2, -0.15) is 0 Å². The molecule has 0 saturated carbocycles. The topological polar surface area (TPSA) is 66.0 Å². The van der Waals surface area contributed by atoms with Crippen LogP contribution in [0.5, 0.6) is 0 Å². The summed E-state index contributed by atoms with van der Waals surface area (Å²) >= 11 is 0. The van der Waals surface area contributed by atoms with Crippen molar-refractivity contribution in [2.75, 3.05) is 32.7 Å². The van der Waals surface area contributed by atoms with Crippen LogP contribution in [0.15, 0.2) is 60.2 Å². The molecule has 0 amide bonds. The van der Waals surface area contributed by atoms with E-state index in [1.165, 1.54) is 41.4 Å². The largest absolute Gasteiger partial charge is 0.384 e. The molecular formula is C36H46N4O2. The first kappa shape index (κ1) is 26.9. The lowest BCUT2D eigenvalue weighted by atomic mass is 9.54. The number of hydrogen-bond acceptors (Lipinski definition) is 5. The fraction of sp³-hybridized carbons (Fsp3) is 0.556. The second kappa shape index (κ2) is 10.5. The highest BCUT2D eigenvalue weighted by atomic mass is 16.5. The van der Waals surface area contributed by atoms with E-state index in [-0.39, 0.29) is 17.4 Å². The number of piperidine rings is 1. The van der Waals surface area contributed by atoms with Crippen LogP contribution >= 0.6 is 0 Å². The Bertz CT molecular complexity index is 1570. The molecule has 3 bridgehead atoms. The van der Waals surface area contributed by atoms with Crippen molar-refractivity contribution in [2.45, 2.75) is 81.9 Å². The Labute approximate surface area is 249 Å². The van der Waals surface area contributed by atoms with Gasteiger partial charge in [-0.25, -0.2) is 0 Å². The van der Waals surface area contributed by atoms with E-state index in [9.17, 15) is 10.3 Å². The third kappa shape index (κ3) is 4.21. The van der Waals surface area contributed by atoms with Gasteiger partial charge in [-0.05, 0) is 107 Å². The number of H-pyrrole nitrogens is 1. The second-order valence-electron chi connectivity index (χ2n) is 13.9. The van der Waals surface area contributed by atoms with Crippen molar-refractivity contribution in [3.05, 3.63) is 70.8 Å². The maximum absolute atomic E-state index is 13.1. The Morgan fingerprint density at radius 2 is 1.76 bits per heavy atom. The number of nitrogens with zero attached hydrogens (tertiary/aromatic N) is 3. The number of aliphatic hydroxyl groups is 1. The molecule has 5 aliphatic heterocycles. The molecule has 3 N–H and O–H groups in total. The molecule has 0 radical (unpaired) electrons. The highest BCUT2D eigenvalue weighted by Gasteiger charge is 2.66. The molecule has 1 spiro atoms. The minimum Gasteiger partial charge on any atom is -0.384 e. The first-order valence-electron chi connectivity index (χ1n) is 16.6. The van der Waals surface area contributed by atoms with Gasteiger partial charge in [0, 0.05) is 34.1 Å². The summed E-state index contributed by atoms with van der Waals surface area (Å²) in [5.74, 6) is 0.281. The standard InChI is InChI=1S/C36H46N4O2/c41-36-18-10-4-1-2-5-11-19-38-21-17-30(35(25-38)23-26-13-7-3-6-12-20-39(26)34(35)36)29(24-36)33-32-28(16-22-40(33)42)27-14-8-9-15-31(27)37-32/h1,4,7-9,13-16,24,26,30,34,37,41-42H,2-3,5-6,10-12,17-23,25H2/b4-1+,13-7?/t26-,30-,34+,35-,36-/m0/s1. The van der Waals surface area contributed by atoms with E-state index in [2.05, 4.69) is 75.5 Å². The van der Waals surface area contributed by atoms with E-state index in [0.717, 1.165) is 80.4 Å². The third-order valence-corrected chi connectivity index (χ3v) is 11.4. The highest BCUT2D eigenvalue weighted by molar-refractivity contribution is 5.83. The molecule has 42 heavy (non-hydrogen) atoms. The molecule has 6 atom stereocenters. The molecule has 2 saturated heterocycles. The molecule has 6 nitrogen and oxygen atoms in total. The number of para-hydroxylation sites is 1. The van der Waals surface area contributed by atoms with Gasteiger partial charge in [0.2, 0.25) is 0 Å². The zero-order valence-corrected chi connectivity index (χ0v) is 24.8. The molecule has 6 heteroatoms. The van der Waals surface area contributed by atoms with Crippen molar-refractivity contribution in [3.63, 3.8) is 0 Å². The highest BCUT2D eigenvalue weighted by Crippen LogP contribution is 2.61. The molecule has 8 rings (SSSR count). The maximum atomic E-state index is 13.1. The predicted molar refractivity (Wildman–Crippen MR) is 168 cm³/mol. The van der Waals surface area contributed by atoms with Crippen molar-refractivity contribution in [2.24, 2.45) is 11.3 Å². The zero-order valence-electron chi connectivity index (χ0n) is 24.8. The van der Waals surface area contributed by atoms with Gasteiger partial charge < -0.3 is 15.0 Å². The van der Waals surface area contributed by atoms with Gasteiger partial charge in [-0.15, -0.1) is 0 Å². The SMILES string of the molecule is ON1CC=c2c([nH]c3ccccc23)=C1C1=C[C@@]2(O)CC/C=C/CCCCN3CC[C@@H]1[C@]1(C[C@@H]4C=CCCCCN4[C@H]12)C3. The van der Waals surface area contributed by atoms with Gasteiger partial charge >= 0.3 is 0 Å². The third-order valence-electron chi connectivity index (χ3n) is 11.4. The quantitative estimate of drug-likeness (QED) is 0.446. The van der Waals surface area contributed by atoms with E-state index in [1.807, 2.05) is 0 Å². The van der Waals surface area contributed by atoms with E-state index in [1.54, 1.807) is 0 Å². The van der Waals surface area contributed by atoms with Gasteiger partial charge in [0.1, 0.15) is 0 Å². The molecule has 1 aliphatic carbocycles. The van der Waals surface area contributed by atoms with Crippen LogP contribution in [0.25, 0.3) is 22.7 Å². The summed E-state index contributed by atoms with van der Waals surface area (Å²) in [6, 6.07) is 8.91. The molecule has 6 aliphatic rings. The Morgan fingerprint density at radius 3 is 2.69 bits per heavy atom. The average molecular weight is 567 g/mol. The summed E-state index contributed by atoms with van der Waals surface area (Å²) in [6.07, 6.45) is 24.8. The number of allylic oxidation sites excluding steroid dienone is 3. The summed E-state index contributed by atoms with van der Waals surface area (Å²) in [5, 5.41) is 29.5. The summed E-state index contributed by atoms with van der Waals surface area (Å²) in [4.78, 5) is 9.14. The van der Waals surface area contributed by atoms with Crippen LogP contribution < -0.4 is 10.6 Å². The number of nitrogens with one attached hydrogen (secondary N) is 1. The number of aromatic amines is 1. The molecule has 1 unspecified atom stereocenters. The van der Waals surface area contributed by atoms with Crippen molar-refractivity contribution < 1.29 is 10.3 Å². The van der Waals surface area contributed by atoms with Crippen molar-refractivity contribution in [1.29, 1.82) is 0 Å². The van der Waals surface area contributed by atoms with E-state index < -0.39 is 5.60 Å². The molecule has 1 aromatic heterocycles. The minimum absolute atomic E-state index is 0.0740. The lowest BCUT2D eigenvalue weighted by molar-refractivity contribution is -0.0975. The summed E-state index contributed by atoms with van der Waals surface area (Å²) in [6.45, 7) is 4.75. The molecule has 2 aromatic rings. The average Bonchev–Trinajstić information content (AvgIpc) is 3.49. The number of rotatable bonds is 1. The van der Waals surface area contributed by atoms with E-state index >= 15 is 0 Å². The Balaban J connectivity index is 1.37. The van der Waals surface area contributed by atoms with Crippen LogP contribution in [0, 0.1) is 11.3 Å². The lowest BCUT2D eigenvalue weighted by Gasteiger charge is -2.58. The summed E-state index contributed by atoms with van der Waals surface area (Å²) in [7, 11) is 0. The number of aromatic nitrogens is 1. The van der Waals surface area contributed by atoms with E-state index in [0.29, 0.717) is 19.0 Å². The van der Waals surface area contributed by atoms with Gasteiger partial charge in [-0.1, -0.05) is 48.6 Å². The van der Waals surface area contributed by atoms with Crippen LogP contribution in [0.3, 0.4) is 0 Å². The van der Waals surface area contributed by atoms with Gasteiger partial charge in [0.05, 0.1) is 29.2 Å². The van der Waals surface area contributed by atoms with Gasteiger partial charge in [0.15, 0.2) is 0 Å². The smallest absolute Gasteiger partial charge is 0.0998 e. The summed E-state index contributed by atoms with van der Waals surface area (Å²) in [5.41, 5.74) is 2.09. The van der Waals surface area contributed by atoms with Gasteiger partial charge in [0.25, 0.3) is 0 Å². The fourth-order valence-corrected chi connectivity index (χ4v) is 9.85. The normalized spacial score (nSPS) is 37.7. The number of hydrogen-bond donors (Lipinski definition) is 3. The summed E-state index contributed by atoms with van der Waals surface area (Å²) < 4.78 is 0. The second-order valence-corrected chi connectivity index (χ2v) is 13.9. The maximum Gasteiger partial charge on any atom is 0.0998 e. The minimum atomic E-state index is -0.976. The van der Waals surface area contributed by atoms with Crippen LogP contribution in [0.2, 0.25) is 0 Å². The van der Waals surface area contributed by atoms with Crippen LogP contribution in [0.4, 0.5) is 0 Å². The van der Waals surface area contributed by atoms with Gasteiger partial charge in [-0.3, -0.25) is 15.2 Å². The molecule has 6 heterocycles. The van der Waals surface area contributed by atoms with Crippen molar-refractivity contribution in [1.82, 2.24) is 19.8 Å². The zero-order chi connectivity index (χ0) is 28.3. The predicted octanol–water partition coefficient (Wildman–Crippen LogP) is 4.44. The van der Waals surface area contributed by atoms with E-state index in [4.69, 9.17) is 0 Å².